The number of benzene rings is 1. The molecule has 0 unspecified atom stereocenters. The first-order chi connectivity index (χ1) is 8.96. The first kappa shape index (κ1) is 15.5. The number of alkyl halides is 3. The van der Waals surface area contributed by atoms with Gasteiger partial charge in [-0.05, 0) is 18.6 Å². The fraction of sp³-hybridized carbons (Fsp3) is 0.500. The molecule has 0 aromatic heterocycles. The van der Waals surface area contributed by atoms with Gasteiger partial charge >= 0.3 is 12.1 Å². The normalized spacial score (nSPS) is 11.4. The minimum absolute atomic E-state index is 0.0996. The van der Waals surface area contributed by atoms with Gasteiger partial charge in [-0.25, -0.2) is 0 Å². The van der Waals surface area contributed by atoms with E-state index in [9.17, 15) is 18.0 Å². The Bertz CT molecular complexity index is 389. The van der Waals surface area contributed by atoms with Crippen LogP contribution in [0.1, 0.15) is 32.6 Å². The first-order valence-electron chi connectivity index (χ1n) is 6.40. The minimum Gasteiger partial charge on any atom is -0.305 e. The molecule has 0 atom stereocenters. The zero-order valence-corrected chi connectivity index (χ0v) is 10.9. The zero-order chi connectivity index (χ0) is 14.3. The van der Waals surface area contributed by atoms with Gasteiger partial charge in [0.25, 0.3) is 0 Å². The molecule has 1 aromatic carbocycles. The van der Waals surface area contributed by atoms with Gasteiger partial charge in [-0.3, -0.25) is 4.79 Å². The molecule has 1 rings (SSSR count). The molecule has 106 valence electrons. The summed E-state index contributed by atoms with van der Waals surface area (Å²) < 4.78 is 37.7. The van der Waals surface area contributed by atoms with E-state index in [1.54, 1.807) is 18.2 Å². The fourth-order valence-electron chi connectivity index (χ4n) is 1.81. The number of anilines is 1. The van der Waals surface area contributed by atoms with Crippen LogP contribution in [0.4, 0.5) is 18.9 Å². The summed E-state index contributed by atoms with van der Waals surface area (Å²) in [5.41, 5.74) is 0.293. The molecule has 0 radical (unpaired) electrons. The molecule has 19 heavy (non-hydrogen) atoms. The Morgan fingerprint density at radius 3 is 2.26 bits per heavy atom. The highest BCUT2D eigenvalue weighted by atomic mass is 19.4. The quantitative estimate of drug-likeness (QED) is 0.713. The van der Waals surface area contributed by atoms with Crippen LogP contribution in [0, 0.1) is 0 Å². The number of para-hydroxylation sites is 1. The first-order valence-corrected chi connectivity index (χ1v) is 6.40. The summed E-state index contributed by atoms with van der Waals surface area (Å²) in [5, 5.41) is 0. The van der Waals surface area contributed by atoms with Gasteiger partial charge in [-0.2, -0.15) is 13.2 Å². The molecule has 1 amide bonds. The molecule has 0 aliphatic heterocycles. The van der Waals surface area contributed by atoms with Gasteiger partial charge in [0, 0.05) is 12.2 Å². The Morgan fingerprint density at radius 2 is 1.74 bits per heavy atom. The number of hydrogen-bond acceptors (Lipinski definition) is 1. The molecule has 0 fully saturated rings. The Kier molecular flexibility index (Phi) is 5.86. The van der Waals surface area contributed by atoms with Gasteiger partial charge in [0.15, 0.2) is 0 Å². The molecule has 0 heterocycles. The molecule has 0 N–H and O–H groups in total. The van der Waals surface area contributed by atoms with E-state index in [2.05, 4.69) is 0 Å². The van der Waals surface area contributed by atoms with Gasteiger partial charge in [-0.15, -0.1) is 0 Å². The third-order valence-electron chi connectivity index (χ3n) is 2.79. The molecule has 0 aliphatic carbocycles. The minimum atomic E-state index is -4.83. The van der Waals surface area contributed by atoms with Crippen LogP contribution in [0.5, 0.6) is 0 Å². The zero-order valence-electron chi connectivity index (χ0n) is 10.9. The SMILES string of the molecule is CCCCCCN(C(=O)C(F)(F)F)c1ccccc1. The second-order valence-electron chi connectivity index (χ2n) is 4.35. The summed E-state index contributed by atoms with van der Waals surface area (Å²) in [6.45, 7) is 2.12. The number of hydrogen-bond donors (Lipinski definition) is 0. The predicted molar refractivity (Wildman–Crippen MR) is 69.0 cm³/mol. The second-order valence-corrected chi connectivity index (χ2v) is 4.35. The highest BCUT2D eigenvalue weighted by molar-refractivity contribution is 5.97. The molecular weight excluding hydrogens is 255 g/mol. The van der Waals surface area contributed by atoms with Crippen molar-refractivity contribution in [2.45, 2.75) is 38.8 Å². The summed E-state index contributed by atoms with van der Waals surface area (Å²) in [4.78, 5) is 12.2. The van der Waals surface area contributed by atoms with Gasteiger partial charge in [0.05, 0.1) is 0 Å². The number of amides is 1. The lowest BCUT2D eigenvalue weighted by Crippen LogP contribution is -2.41. The van der Waals surface area contributed by atoms with Crippen LogP contribution in [0.3, 0.4) is 0 Å². The highest BCUT2D eigenvalue weighted by Crippen LogP contribution is 2.24. The van der Waals surface area contributed by atoms with Crippen molar-refractivity contribution < 1.29 is 18.0 Å². The molecule has 0 saturated carbocycles. The smallest absolute Gasteiger partial charge is 0.305 e. The van der Waals surface area contributed by atoms with Crippen LogP contribution in [-0.2, 0) is 4.79 Å². The standard InChI is InChI=1S/C14H18F3NO/c1-2-3-4-8-11-18(13(19)14(15,16)17)12-9-6-5-7-10-12/h5-7,9-10H,2-4,8,11H2,1H3. The molecule has 1 aromatic rings. The maximum Gasteiger partial charge on any atom is 0.471 e. The molecule has 0 aliphatic rings. The van der Waals surface area contributed by atoms with Crippen molar-refractivity contribution in [1.29, 1.82) is 0 Å². The fourth-order valence-corrected chi connectivity index (χ4v) is 1.81. The van der Waals surface area contributed by atoms with E-state index in [-0.39, 0.29) is 6.54 Å². The van der Waals surface area contributed by atoms with Crippen molar-refractivity contribution in [3.63, 3.8) is 0 Å². The summed E-state index contributed by atoms with van der Waals surface area (Å²) in [6, 6.07) is 7.99. The average Bonchev–Trinajstić information content (AvgIpc) is 2.38. The van der Waals surface area contributed by atoms with Crippen LogP contribution in [0.15, 0.2) is 30.3 Å². The van der Waals surface area contributed by atoms with Crippen LogP contribution in [0.2, 0.25) is 0 Å². The number of nitrogens with zero attached hydrogens (tertiary/aromatic N) is 1. The topological polar surface area (TPSA) is 20.3 Å². The molecule has 0 spiro atoms. The number of rotatable bonds is 6. The Balaban J connectivity index is 2.77. The van der Waals surface area contributed by atoms with E-state index in [0.717, 1.165) is 24.2 Å². The summed E-state index contributed by atoms with van der Waals surface area (Å²) in [6.07, 6.45) is -1.47. The van der Waals surface area contributed by atoms with E-state index >= 15 is 0 Å². The lowest BCUT2D eigenvalue weighted by atomic mass is 10.2. The number of carbonyl (C=O) groups excluding carboxylic acids is 1. The number of carbonyl (C=O) groups is 1. The average molecular weight is 273 g/mol. The van der Waals surface area contributed by atoms with E-state index in [0.29, 0.717) is 12.1 Å². The van der Waals surface area contributed by atoms with E-state index < -0.39 is 12.1 Å². The lowest BCUT2D eigenvalue weighted by molar-refractivity contribution is -0.170. The summed E-state index contributed by atoms with van der Waals surface area (Å²) in [5.74, 6) is -1.80. The Labute approximate surface area is 111 Å². The molecular formula is C14H18F3NO. The van der Waals surface area contributed by atoms with Crippen molar-refractivity contribution in [1.82, 2.24) is 0 Å². The largest absolute Gasteiger partial charge is 0.471 e. The van der Waals surface area contributed by atoms with E-state index in [1.165, 1.54) is 12.1 Å². The van der Waals surface area contributed by atoms with Crippen LogP contribution < -0.4 is 4.90 Å². The number of halogens is 3. The van der Waals surface area contributed by atoms with Crippen molar-refractivity contribution in [2.75, 3.05) is 11.4 Å². The maximum absolute atomic E-state index is 12.6. The Hall–Kier alpha value is -1.52. The highest BCUT2D eigenvalue weighted by Gasteiger charge is 2.42. The van der Waals surface area contributed by atoms with E-state index in [4.69, 9.17) is 0 Å². The van der Waals surface area contributed by atoms with Crippen LogP contribution in [0.25, 0.3) is 0 Å². The summed E-state index contributed by atoms with van der Waals surface area (Å²) in [7, 11) is 0. The van der Waals surface area contributed by atoms with Crippen molar-refractivity contribution in [2.24, 2.45) is 0 Å². The predicted octanol–water partition coefficient (Wildman–Crippen LogP) is 4.16. The van der Waals surface area contributed by atoms with Crippen LogP contribution >= 0.6 is 0 Å². The number of unbranched alkanes of at least 4 members (excludes halogenated alkanes) is 3. The molecule has 0 saturated heterocycles. The lowest BCUT2D eigenvalue weighted by Gasteiger charge is -2.23. The monoisotopic (exact) mass is 273 g/mol. The third-order valence-corrected chi connectivity index (χ3v) is 2.79. The Morgan fingerprint density at radius 1 is 1.11 bits per heavy atom. The molecule has 0 bridgehead atoms. The third kappa shape index (κ3) is 4.93. The van der Waals surface area contributed by atoms with Crippen molar-refractivity contribution >= 4 is 11.6 Å². The van der Waals surface area contributed by atoms with Crippen molar-refractivity contribution in [3.05, 3.63) is 30.3 Å². The molecule has 2 nitrogen and oxygen atoms in total. The van der Waals surface area contributed by atoms with Gasteiger partial charge in [-0.1, -0.05) is 44.4 Å². The molecule has 5 heteroatoms. The second kappa shape index (κ2) is 7.16. The van der Waals surface area contributed by atoms with Gasteiger partial charge in [0.2, 0.25) is 0 Å². The maximum atomic E-state index is 12.6. The van der Waals surface area contributed by atoms with Crippen molar-refractivity contribution in [3.8, 4) is 0 Å². The summed E-state index contributed by atoms with van der Waals surface area (Å²) >= 11 is 0. The van der Waals surface area contributed by atoms with Gasteiger partial charge < -0.3 is 4.90 Å². The van der Waals surface area contributed by atoms with Crippen LogP contribution in [-0.4, -0.2) is 18.6 Å². The van der Waals surface area contributed by atoms with E-state index in [1.807, 2.05) is 6.92 Å². The van der Waals surface area contributed by atoms with Gasteiger partial charge in [0.1, 0.15) is 0 Å².